The summed E-state index contributed by atoms with van der Waals surface area (Å²) in [6.07, 6.45) is 0.447. The predicted molar refractivity (Wildman–Crippen MR) is 69.9 cm³/mol. The van der Waals surface area contributed by atoms with E-state index < -0.39 is 0 Å². The smallest absolute Gasteiger partial charge is 0.0708 e. The lowest BCUT2D eigenvalue weighted by Gasteiger charge is -2.10. The highest BCUT2D eigenvalue weighted by atomic mass is 14.7. The summed E-state index contributed by atoms with van der Waals surface area (Å²) in [5, 5.41) is 10.0. The second kappa shape index (κ2) is 4.55. The van der Waals surface area contributed by atoms with Crippen LogP contribution in [0.5, 0.6) is 0 Å². The first-order chi connectivity index (χ1) is 8.11. The average Bonchev–Trinajstić information content (AvgIpc) is 2.29. The Morgan fingerprint density at radius 2 is 2.06 bits per heavy atom. The van der Waals surface area contributed by atoms with Crippen molar-refractivity contribution in [3.05, 3.63) is 41.1 Å². The third-order valence-corrected chi connectivity index (χ3v) is 2.93. The predicted octanol–water partition coefficient (Wildman–Crippen LogP) is 3.73. The van der Waals surface area contributed by atoms with Crippen molar-refractivity contribution in [2.75, 3.05) is 0 Å². The van der Waals surface area contributed by atoms with Crippen LogP contribution in [0.4, 0.5) is 0 Å². The largest absolute Gasteiger partial charge is 0.253 e. The third-order valence-electron chi connectivity index (χ3n) is 2.93. The molecule has 0 saturated heterocycles. The van der Waals surface area contributed by atoms with Crippen LogP contribution < -0.4 is 0 Å². The molecule has 0 aliphatic rings. The number of aryl methyl sites for hydroxylation is 1. The highest BCUT2D eigenvalue weighted by Crippen LogP contribution is 2.23. The first kappa shape index (κ1) is 11.6. The molecule has 0 spiro atoms. The molecule has 0 amide bonds. The molecule has 1 aromatic heterocycles. The number of nitrogens with zero attached hydrogens (tertiary/aromatic N) is 2. The molecule has 1 aromatic carbocycles. The van der Waals surface area contributed by atoms with E-state index in [0.29, 0.717) is 12.3 Å². The molecule has 0 aliphatic heterocycles. The van der Waals surface area contributed by atoms with E-state index in [-0.39, 0.29) is 0 Å². The van der Waals surface area contributed by atoms with Gasteiger partial charge in [-0.3, -0.25) is 4.98 Å². The van der Waals surface area contributed by atoms with Crippen LogP contribution in [-0.2, 0) is 6.42 Å². The van der Waals surface area contributed by atoms with Crippen molar-refractivity contribution in [2.24, 2.45) is 0 Å². The molecule has 2 rings (SSSR count). The Morgan fingerprint density at radius 3 is 2.71 bits per heavy atom. The molecule has 0 bridgehead atoms. The van der Waals surface area contributed by atoms with E-state index >= 15 is 0 Å². The molecule has 0 fully saturated rings. The highest BCUT2D eigenvalue weighted by molar-refractivity contribution is 5.83. The summed E-state index contributed by atoms with van der Waals surface area (Å²) in [6.45, 7) is 6.31. The fourth-order valence-electron chi connectivity index (χ4n) is 1.96. The van der Waals surface area contributed by atoms with Gasteiger partial charge in [0.2, 0.25) is 0 Å². The number of hydrogen-bond acceptors (Lipinski definition) is 2. The number of hydrogen-bond donors (Lipinski definition) is 0. The van der Waals surface area contributed by atoms with Gasteiger partial charge in [-0.05, 0) is 36.6 Å². The van der Waals surface area contributed by atoms with E-state index in [2.05, 4.69) is 50.0 Å². The highest BCUT2D eigenvalue weighted by Gasteiger charge is 2.08. The topological polar surface area (TPSA) is 36.7 Å². The fourth-order valence-corrected chi connectivity index (χ4v) is 1.96. The molecule has 2 aromatic rings. The zero-order valence-corrected chi connectivity index (χ0v) is 10.5. The number of pyridine rings is 1. The van der Waals surface area contributed by atoms with E-state index in [9.17, 15) is 0 Å². The van der Waals surface area contributed by atoms with Crippen molar-refractivity contribution in [1.82, 2.24) is 4.98 Å². The molecule has 86 valence electrons. The second-order valence-corrected chi connectivity index (χ2v) is 4.72. The van der Waals surface area contributed by atoms with Crippen molar-refractivity contribution in [2.45, 2.75) is 33.1 Å². The van der Waals surface area contributed by atoms with Gasteiger partial charge in [-0.25, -0.2) is 0 Å². The number of fused-ring (bicyclic) bond motifs is 1. The fraction of sp³-hybridized carbons (Fsp3) is 0.333. The maximum atomic E-state index is 8.91. The number of aromatic nitrogens is 1. The first-order valence-corrected chi connectivity index (χ1v) is 5.89. The maximum Gasteiger partial charge on any atom is 0.0708 e. The van der Waals surface area contributed by atoms with Crippen LogP contribution in [0, 0.1) is 18.3 Å². The van der Waals surface area contributed by atoms with Crippen LogP contribution >= 0.6 is 0 Å². The van der Waals surface area contributed by atoms with Gasteiger partial charge in [0.05, 0.1) is 18.0 Å². The van der Waals surface area contributed by atoms with Gasteiger partial charge in [-0.2, -0.15) is 5.26 Å². The summed E-state index contributed by atoms with van der Waals surface area (Å²) in [7, 11) is 0. The number of nitriles is 1. The molecule has 0 unspecified atom stereocenters. The van der Waals surface area contributed by atoms with E-state index in [1.807, 2.05) is 6.07 Å². The summed E-state index contributed by atoms with van der Waals surface area (Å²) >= 11 is 0. The van der Waals surface area contributed by atoms with Gasteiger partial charge in [-0.1, -0.05) is 25.5 Å². The van der Waals surface area contributed by atoms with Gasteiger partial charge in [0, 0.05) is 11.1 Å². The Morgan fingerprint density at radius 1 is 1.29 bits per heavy atom. The molecule has 0 saturated carbocycles. The zero-order valence-electron chi connectivity index (χ0n) is 10.5. The quantitative estimate of drug-likeness (QED) is 0.779. The average molecular weight is 224 g/mol. The SMILES string of the molecule is Cc1ccc2nc(C(C)C)cc(CC#N)c2c1. The Balaban J connectivity index is 2.72. The van der Waals surface area contributed by atoms with Gasteiger partial charge < -0.3 is 0 Å². The van der Waals surface area contributed by atoms with E-state index in [1.165, 1.54) is 5.56 Å². The Bertz CT molecular complexity index is 592. The van der Waals surface area contributed by atoms with Gasteiger partial charge in [0.25, 0.3) is 0 Å². The molecule has 0 N–H and O–H groups in total. The van der Waals surface area contributed by atoms with E-state index in [4.69, 9.17) is 5.26 Å². The minimum Gasteiger partial charge on any atom is -0.253 e. The van der Waals surface area contributed by atoms with Crippen LogP contribution in [0.2, 0.25) is 0 Å². The Kier molecular flexibility index (Phi) is 3.10. The maximum absolute atomic E-state index is 8.91. The minimum absolute atomic E-state index is 0.387. The molecule has 2 heteroatoms. The molecule has 0 radical (unpaired) electrons. The lowest BCUT2D eigenvalue weighted by atomic mass is 10.00. The van der Waals surface area contributed by atoms with E-state index in [0.717, 1.165) is 22.2 Å². The summed E-state index contributed by atoms with van der Waals surface area (Å²) < 4.78 is 0. The number of rotatable bonds is 2. The molecular formula is C15H16N2. The van der Waals surface area contributed by atoms with Crippen LogP contribution in [0.1, 0.15) is 36.6 Å². The summed E-state index contributed by atoms with van der Waals surface area (Å²) in [4.78, 5) is 4.65. The standard InChI is InChI=1S/C15H16N2/c1-10(2)15-9-12(6-7-16)13-8-11(3)4-5-14(13)17-15/h4-5,8-10H,6H2,1-3H3. The normalized spacial score (nSPS) is 10.8. The van der Waals surface area contributed by atoms with Crippen LogP contribution in [0.3, 0.4) is 0 Å². The summed E-state index contributed by atoms with van der Waals surface area (Å²) in [6, 6.07) is 10.5. The van der Waals surface area contributed by atoms with Crippen molar-refractivity contribution >= 4 is 10.9 Å². The van der Waals surface area contributed by atoms with Gasteiger partial charge in [-0.15, -0.1) is 0 Å². The van der Waals surface area contributed by atoms with Crippen LogP contribution in [-0.4, -0.2) is 4.98 Å². The van der Waals surface area contributed by atoms with Crippen molar-refractivity contribution in [3.8, 4) is 6.07 Å². The van der Waals surface area contributed by atoms with Gasteiger partial charge in [0.1, 0.15) is 0 Å². The second-order valence-electron chi connectivity index (χ2n) is 4.72. The lowest BCUT2D eigenvalue weighted by Crippen LogP contribution is -1.97. The molecule has 1 heterocycles. The number of benzene rings is 1. The molecule has 0 aliphatic carbocycles. The lowest BCUT2D eigenvalue weighted by molar-refractivity contribution is 0.827. The van der Waals surface area contributed by atoms with Crippen LogP contribution in [0.25, 0.3) is 10.9 Å². The molecule has 17 heavy (non-hydrogen) atoms. The molecule has 2 nitrogen and oxygen atoms in total. The van der Waals surface area contributed by atoms with Crippen molar-refractivity contribution in [3.63, 3.8) is 0 Å². The molecule has 0 atom stereocenters. The Labute approximate surface area is 102 Å². The van der Waals surface area contributed by atoms with Crippen LogP contribution in [0.15, 0.2) is 24.3 Å². The monoisotopic (exact) mass is 224 g/mol. The summed E-state index contributed by atoms with van der Waals surface area (Å²) in [5.41, 5.74) is 4.35. The zero-order chi connectivity index (χ0) is 12.4. The molecular weight excluding hydrogens is 208 g/mol. The third kappa shape index (κ3) is 2.29. The minimum atomic E-state index is 0.387. The van der Waals surface area contributed by atoms with Crippen molar-refractivity contribution < 1.29 is 0 Å². The van der Waals surface area contributed by atoms with Gasteiger partial charge >= 0.3 is 0 Å². The summed E-state index contributed by atoms with van der Waals surface area (Å²) in [5.74, 6) is 0.387. The first-order valence-electron chi connectivity index (χ1n) is 5.89. The van der Waals surface area contributed by atoms with Gasteiger partial charge in [0.15, 0.2) is 0 Å². The van der Waals surface area contributed by atoms with E-state index in [1.54, 1.807) is 0 Å². The van der Waals surface area contributed by atoms with Crippen molar-refractivity contribution in [1.29, 1.82) is 5.26 Å². The Hall–Kier alpha value is -1.88.